The third-order valence-electron chi connectivity index (χ3n) is 2.11. The van der Waals surface area contributed by atoms with Crippen LogP contribution in [0.3, 0.4) is 0 Å². The van der Waals surface area contributed by atoms with Crippen LogP contribution in [0.2, 0.25) is 0 Å². The number of ether oxygens (including phenoxy) is 1. The van der Waals surface area contributed by atoms with Crippen LogP contribution in [0.5, 0.6) is 0 Å². The van der Waals surface area contributed by atoms with Crippen LogP contribution in [0.1, 0.15) is 20.3 Å². The molecule has 2 atom stereocenters. The van der Waals surface area contributed by atoms with E-state index in [1.54, 1.807) is 0 Å². The Morgan fingerprint density at radius 2 is 2.36 bits per heavy atom. The molecule has 1 N–H and O–H groups in total. The predicted octanol–water partition coefficient (Wildman–Crippen LogP) is 0.566. The fourth-order valence-corrected chi connectivity index (χ4v) is 1.34. The van der Waals surface area contributed by atoms with Crippen LogP contribution in [0.4, 0.5) is 0 Å². The first-order chi connectivity index (χ1) is 5.15. The molecule has 0 aromatic rings. The summed E-state index contributed by atoms with van der Waals surface area (Å²) in [6.07, 6.45) is 0.419. The summed E-state index contributed by atoms with van der Waals surface area (Å²) in [4.78, 5) is 11.1. The summed E-state index contributed by atoms with van der Waals surface area (Å²) >= 11 is 0. The normalized spacial score (nSPS) is 31.1. The first kappa shape index (κ1) is 8.53. The Kier molecular flexibility index (Phi) is 2.49. The quantitative estimate of drug-likeness (QED) is 0.597. The number of hydrogen-bond donors (Lipinski definition) is 1. The van der Waals surface area contributed by atoms with Crippen LogP contribution >= 0.6 is 0 Å². The maximum absolute atomic E-state index is 11.1. The third-order valence-corrected chi connectivity index (χ3v) is 2.11. The van der Waals surface area contributed by atoms with Crippen molar-refractivity contribution in [2.45, 2.75) is 26.4 Å². The highest BCUT2D eigenvalue weighted by molar-refractivity contribution is 5.74. The van der Waals surface area contributed by atoms with Crippen molar-refractivity contribution in [1.82, 2.24) is 0 Å². The number of carbonyl (C=O) groups excluding carboxylic acids is 1. The maximum Gasteiger partial charge on any atom is 0.309 e. The SMILES string of the molecule is CC(C)C1CC(CO)OC1=O. The molecule has 3 nitrogen and oxygen atoms in total. The highest BCUT2D eigenvalue weighted by atomic mass is 16.6. The van der Waals surface area contributed by atoms with Gasteiger partial charge in [-0.15, -0.1) is 0 Å². The van der Waals surface area contributed by atoms with E-state index in [1.165, 1.54) is 0 Å². The van der Waals surface area contributed by atoms with Crippen molar-refractivity contribution in [2.24, 2.45) is 11.8 Å². The second-order valence-electron chi connectivity index (χ2n) is 3.33. The molecule has 1 fully saturated rings. The summed E-state index contributed by atoms with van der Waals surface area (Å²) in [5.41, 5.74) is 0. The molecule has 2 unspecified atom stereocenters. The summed E-state index contributed by atoms with van der Waals surface area (Å²) in [7, 11) is 0. The lowest BCUT2D eigenvalue weighted by atomic mass is 9.93. The first-order valence-electron chi connectivity index (χ1n) is 3.96. The molecule has 1 rings (SSSR count). The lowest BCUT2D eigenvalue weighted by Gasteiger charge is -2.07. The van der Waals surface area contributed by atoms with Crippen LogP contribution in [0, 0.1) is 11.8 Å². The van der Waals surface area contributed by atoms with Gasteiger partial charge in [0.1, 0.15) is 6.10 Å². The van der Waals surface area contributed by atoms with Crippen LogP contribution in [0.25, 0.3) is 0 Å². The number of esters is 1. The van der Waals surface area contributed by atoms with E-state index in [2.05, 4.69) is 0 Å². The van der Waals surface area contributed by atoms with E-state index < -0.39 is 0 Å². The van der Waals surface area contributed by atoms with Gasteiger partial charge in [0.15, 0.2) is 0 Å². The topological polar surface area (TPSA) is 46.5 Å². The van der Waals surface area contributed by atoms with Gasteiger partial charge in [0.2, 0.25) is 0 Å². The van der Waals surface area contributed by atoms with Gasteiger partial charge >= 0.3 is 5.97 Å². The lowest BCUT2D eigenvalue weighted by Crippen LogP contribution is -2.13. The monoisotopic (exact) mass is 158 g/mol. The molecule has 0 bridgehead atoms. The lowest BCUT2D eigenvalue weighted by molar-refractivity contribution is -0.146. The maximum atomic E-state index is 11.1. The van der Waals surface area contributed by atoms with Gasteiger partial charge < -0.3 is 9.84 Å². The first-order valence-corrected chi connectivity index (χ1v) is 3.96. The minimum Gasteiger partial charge on any atom is -0.460 e. The number of aliphatic hydroxyl groups excluding tert-OH is 1. The molecule has 1 heterocycles. The fourth-order valence-electron chi connectivity index (χ4n) is 1.34. The van der Waals surface area contributed by atoms with Crippen molar-refractivity contribution in [3.8, 4) is 0 Å². The van der Waals surface area contributed by atoms with Gasteiger partial charge in [0.25, 0.3) is 0 Å². The zero-order chi connectivity index (χ0) is 8.43. The van der Waals surface area contributed by atoms with Crippen molar-refractivity contribution >= 4 is 5.97 Å². The van der Waals surface area contributed by atoms with Crippen molar-refractivity contribution in [3.05, 3.63) is 0 Å². The minimum atomic E-state index is -0.255. The smallest absolute Gasteiger partial charge is 0.309 e. The molecule has 3 heteroatoms. The molecule has 11 heavy (non-hydrogen) atoms. The van der Waals surface area contributed by atoms with E-state index in [1.807, 2.05) is 13.8 Å². The molecular formula is C8H14O3. The van der Waals surface area contributed by atoms with E-state index in [-0.39, 0.29) is 24.6 Å². The van der Waals surface area contributed by atoms with Crippen LogP contribution in [-0.2, 0) is 9.53 Å². The summed E-state index contributed by atoms with van der Waals surface area (Å²) in [5.74, 6) is 0.158. The molecule has 64 valence electrons. The molecule has 0 spiro atoms. The highest BCUT2D eigenvalue weighted by Crippen LogP contribution is 2.26. The average molecular weight is 158 g/mol. The van der Waals surface area contributed by atoms with Gasteiger partial charge in [0, 0.05) is 6.42 Å². The van der Waals surface area contributed by atoms with E-state index >= 15 is 0 Å². The molecule has 0 saturated carbocycles. The number of aliphatic hydroxyl groups is 1. The Morgan fingerprint density at radius 3 is 2.64 bits per heavy atom. The number of carbonyl (C=O) groups is 1. The molecule has 1 aliphatic rings. The second kappa shape index (κ2) is 3.22. The van der Waals surface area contributed by atoms with Gasteiger partial charge in [-0.05, 0) is 5.92 Å². The Labute approximate surface area is 66.4 Å². The van der Waals surface area contributed by atoms with Crippen molar-refractivity contribution in [1.29, 1.82) is 0 Å². The van der Waals surface area contributed by atoms with Crippen LogP contribution < -0.4 is 0 Å². The number of rotatable bonds is 2. The average Bonchev–Trinajstić information content (AvgIpc) is 2.30. The van der Waals surface area contributed by atoms with Gasteiger partial charge in [-0.2, -0.15) is 0 Å². The summed E-state index contributed by atoms with van der Waals surface area (Å²) in [5, 5.41) is 8.71. The third kappa shape index (κ3) is 1.71. The van der Waals surface area contributed by atoms with Crippen molar-refractivity contribution in [2.75, 3.05) is 6.61 Å². The molecule has 1 aliphatic heterocycles. The van der Waals surface area contributed by atoms with Gasteiger partial charge in [-0.25, -0.2) is 0 Å². The Bertz CT molecular complexity index is 153. The summed E-state index contributed by atoms with van der Waals surface area (Å²) in [6, 6.07) is 0. The Morgan fingerprint density at radius 1 is 1.73 bits per heavy atom. The zero-order valence-electron chi connectivity index (χ0n) is 6.91. The van der Waals surface area contributed by atoms with E-state index in [0.717, 1.165) is 0 Å². The summed E-state index contributed by atoms with van der Waals surface area (Å²) in [6.45, 7) is 3.94. The number of cyclic esters (lactones) is 1. The summed E-state index contributed by atoms with van der Waals surface area (Å²) < 4.78 is 4.90. The molecular weight excluding hydrogens is 144 g/mol. The van der Waals surface area contributed by atoms with Crippen molar-refractivity contribution < 1.29 is 14.6 Å². The van der Waals surface area contributed by atoms with E-state index in [0.29, 0.717) is 12.3 Å². The molecule has 1 saturated heterocycles. The van der Waals surface area contributed by atoms with Crippen LogP contribution in [0.15, 0.2) is 0 Å². The fraction of sp³-hybridized carbons (Fsp3) is 0.875. The zero-order valence-corrected chi connectivity index (χ0v) is 6.91. The minimum absolute atomic E-state index is 0.00727. The highest BCUT2D eigenvalue weighted by Gasteiger charge is 2.35. The molecule has 0 aromatic heterocycles. The van der Waals surface area contributed by atoms with E-state index in [4.69, 9.17) is 9.84 Å². The van der Waals surface area contributed by atoms with Crippen molar-refractivity contribution in [3.63, 3.8) is 0 Å². The van der Waals surface area contributed by atoms with E-state index in [9.17, 15) is 4.79 Å². The van der Waals surface area contributed by atoms with Crippen LogP contribution in [-0.4, -0.2) is 23.8 Å². The molecule has 0 aliphatic carbocycles. The van der Waals surface area contributed by atoms with Gasteiger partial charge in [-0.1, -0.05) is 13.8 Å². The largest absolute Gasteiger partial charge is 0.460 e. The Hall–Kier alpha value is -0.570. The number of hydrogen-bond acceptors (Lipinski definition) is 3. The second-order valence-corrected chi connectivity index (χ2v) is 3.33. The van der Waals surface area contributed by atoms with Gasteiger partial charge in [0.05, 0.1) is 12.5 Å². The Balaban J connectivity index is 2.52. The van der Waals surface area contributed by atoms with Gasteiger partial charge in [-0.3, -0.25) is 4.79 Å². The molecule has 0 amide bonds. The predicted molar refractivity (Wildman–Crippen MR) is 39.9 cm³/mol. The molecule has 0 radical (unpaired) electrons. The standard InChI is InChI=1S/C8H14O3/c1-5(2)7-3-6(4-9)11-8(7)10/h5-7,9H,3-4H2,1-2H3. The molecule has 0 aromatic carbocycles.